The molecule has 0 spiro atoms. The highest BCUT2D eigenvalue weighted by Gasteiger charge is 2.45. The zero-order valence-electron chi connectivity index (χ0n) is 62.0. The molecule has 37 heteroatoms. The van der Waals surface area contributed by atoms with Gasteiger partial charge in [0.25, 0.3) is 0 Å². The summed E-state index contributed by atoms with van der Waals surface area (Å²) in [5.41, 5.74) is 14.6. The maximum Gasteiger partial charge on any atom is 0.320 e. The summed E-state index contributed by atoms with van der Waals surface area (Å²) in [5, 5.41) is 58.8. The Labute approximate surface area is 647 Å². The number of aliphatic hydroxyl groups is 1. The number of nitrogens with one attached hydrogen (secondary N) is 7. The second-order valence-corrected chi connectivity index (χ2v) is 30.5. The summed E-state index contributed by atoms with van der Waals surface area (Å²) in [6.07, 6.45) is 1.05. The average Bonchev–Trinajstić information content (AvgIpc) is 1.67. The Morgan fingerprint density at radius 2 is 1.24 bits per heavy atom. The molecule has 0 aromatic heterocycles. The molecule has 2 unspecified atom stereocenters. The van der Waals surface area contributed by atoms with Crippen LogP contribution in [-0.4, -0.2) is 304 Å². The van der Waals surface area contributed by atoms with Crippen LogP contribution in [0.25, 0.3) is 0 Å². The van der Waals surface area contributed by atoms with Crippen LogP contribution in [0.3, 0.4) is 0 Å². The number of fused-ring (bicyclic) bond motifs is 4. The lowest BCUT2D eigenvalue weighted by Crippen LogP contribution is -2.61. The lowest BCUT2D eigenvalue weighted by molar-refractivity contribution is -0.148. The van der Waals surface area contributed by atoms with E-state index in [1.807, 2.05) is 25.1 Å². The van der Waals surface area contributed by atoms with Crippen LogP contribution >= 0.6 is 35.3 Å². The van der Waals surface area contributed by atoms with E-state index in [2.05, 4.69) is 37.2 Å². The minimum absolute atomic E-state index is 0.0278. The SMILES string of the molecule is CCCCCC(=O)N[C@H]1CSCc2cc(CSCCNC(=O)COCCOCCNC(=O)CCC(C(=O)O)N3CCN(CC(=O)O)CCN(CC(=O)O)CC3)cc(c2)CSCC(C(N)=O)NC(=O)[C@H](Cc2ccccc2)NC(=O)[C@H](CCC(N)=O)NC(=O)[C@H]([C@@H](C)O)NC(=O)[C@@H]2CCCN2C(=O)[C@@H]2CCCN2C1=O. The molecule has 4 aliphatic heterocycles. The van der Waals surface area contributed by atoms with Crippen molar-refractivity contribution in [2.75, 3.05) is 122 Å². The lowest BCUT2D eigenvalue weighted by Gasteiger charge is -2.33. The number of aliphatic carboxylic acids is 3. The van der Waals surface area contributed by atoms with Gasteiger partial charge in [0.1, 0.15) is 54.9 Å². The van der Waals surface area contributed by atoms with E-state index in [0.29, 0.717) is 47.8 Å². The van der Waals surface area contributed by atoms with Crippen molar-refractivity contribution in [2.45, 2.75) is 169 Å². The van der Waals surface area contributed by atoms with Crippen LogP contribution in [0, 0.1) is 0 Å². The fraction of sp³-hybridized carbons (Fsp3) is 0.639. The van der Waals surface area contributed by atoms with E-state index in [0.717, 1.165) is 29.5 Å². The number of hydrogen-bond donors (Lipinski definition) is 13. The first-order valence-corrected chi connectivity index (χ1v) is 40.5. The van der Waals surface area contributed by atoms with Crippen molar-refractivity contribution in [3.8, 4) is 0 Å². The number of nitrogens with two attached hydrogens (primary N) is 2. The first-order valence-electron chi connectivity index (χ1n) is 37.0. The van der Waals surface area contributed by atoms with E-state index in [1.54, 1.807) is 45.0 Å². The standard InChI is InChI=1S/C72H108N14O20S3/c1-3-4-6-15-60(90)77-54-45-109-43-50-35-48(41-107-33-21-76-61(91)40-106-32-31-105-30-20-75-59(89)19-17-57(72(103)104)84-28-26-82(38-62(92)93)24-25-83(27-29-84)39-63(94)95)34-49(36-50)42-108-44-53(65(74)96)80-67(98)52(37-47-11-7-5-8-12-47)79-66(97)51(16-18-58(73)88)78-69(100)64(46(2)87)81-68(99)55-13-9-22-85(55)71(102)56-14-10-23-86(56)70(54)101/h5,7-8,11-12,34-36,46,51-57,64,87H,3-4,6,9-10,13-33,37-45H2,1-2H3,(H2,73,88)(H2,74,96)(H,75,89)(H,76,91)(H,77,90)(H,78,100)(H,79,97)(H,80,98)(H,81,99)(H,92,93)(H,94,95)(H,103,104)/t46-,51+,52+,53?,54+,55+,56+,57?,64+/m1/s1. The van der Waals surface area contributed by atoms with E-state index >= 15 is 0 Å². The largest absolute Gasteiger partial charge is 0.480 e. The van der Waals surface area contributed by atoms with Gasteiger partial charge >= 0.3 is 17.9 Å². The van der Waals surface area contributed by atoms with Crippen LogP contribution in [0.2, 0.25) is 0 Å². The summed E-state index contributed by atoms with van der Waals surface area (Å²) < 4.78 is 11.1. The minimum atomic E-state index is -1.70. The molecule has 15 N–H and O–H groups in total. The molecule has 2 aromatic carbocycles. The van der Waals surface area contributed by atoms with Crippen molar-refractivity contribution in [2.24, 2.45) is 11.5 Å². The van der Waals surface area contributed by atoms with Gasteiger partial charge in [-0.2, -0.15) is 35.3 Å². The third-order valence-electron chi connectivity index (χ3n) is 18.7. The van der Waals surface area contributed by atoms with Crippen LogP contribution in [0.5, 0.6) is 0 Å². The number of carboxylic acid groups (broad SMARTS) is 3. The second kappa shape index (κ2) is 47.8. The molecule has 9 atom stereocenters. The van der Waals surface area contributed by atoms with Gasteiger partial charge in [-0.25, -0.2) is 0 Å². The highest BCUT2D eigenvalue weighted by Crippen LogP contribution is 2.29. The molecule has 604 valence electrons. The third-order valence-corrected chi connectivity index (χ3v) is 22.0. The summed E-state index contributed by atoms with van der Waals surface area (Å²) in [4.78, 5) is 194. The molecule has 2 bridgehead atoms. The Bertz CT molecular complexity index is 3380. The molecular formula is C72H108N14O20S3. The fourth-order valence-corrected chi connectivity index (χ4v) is 15.8. The number of carbonyl (C=O) groups excluding carboxylic acids is 11. The predicted octanol–water partition coefficient (Wildman–Crippen LogP) is -1.65. The molecular weight excluding hydrogens is 1480 g/mol. The fourth-order valence-electron chi connectivity index (χ4n) is 13.0. The molecule has 4 heterocycles. The van der Waals surface area contributed by atoms with Gasteiger partial charge in [0.15, 0.2) is 0 Å². The Kier molecular flexibility index (Phi) is 39.3. The first kappa shape index (κ1) is 89.7. The molecule has 34 nitrogen and oxygen atoms in total. The van der Waals surface area contributed by atoms with Crippen LogP contribution < -0.4 is 48.7 Å². The van der Waals surface area contributed by atoms with E-state index in [-0.39, 0.29) is 173 Å². The summed E-state index contributed by atoms with van der Waals surface area (Å²) in [5.74, 6) is -8.96. The maximum absolute atomic E-state index is 14.9. The summed E-state index contributed by atoms with van der Waals surface area (Å²) in [6.45, 7) is 4.81. The Balaban J connectivity index is 1.10. The molecule has 6 rings (SSSR count). The number of aliphatic hydroxyl groups excluding tert-OH is 1. The molecule has 4 aliphatic rings. The molecule has 0 saturated carbocycles. The van der Waals surface area contributed by atoms with Gasteiger partial charge in [0, 0.05) is 126 Å². The van der Waals surface area contributed by atoms with Crippen molar-refractivity contribution in [3.05, 3.63) is 70.8 Å². The maximum atomic E-state index is 14.9. The number of carbonyl (C=O) groups is 14. The van der Waals surface area contributed by atoms with Crippen molar-refractivity contribution < 1.29 is 97.0 Å². The van der Waals surface area contributed by atoms with E-state index in [4.69, 9.17) is 20.9 Å². The van der Waals surface area contributed by atoms with Gasteiger partial charge in [0.2, 0.25) is 65.0 Å². The number of primary amides is 2. The highest BCUT2D eigenvalue weighted by atomic mass is 32.2. The topological polar surface area (TPSA) is 491 Å². The number of thioether (sulfide) groups is 3. The van der Waals surface area contributed by atoms with Gasteiger partial charge in [-0.05, 0) is 74.1 Å². The molecule has 11 amide bonds. The van der Waals surface area contributed by atoms with Crippen LogP contribution in [-0.2, 0) is 100 Å². The Hall–Kier alpha value is -8.17. The van der Waals surface area contributed by atoms with Gasteiger partial charge in [-0.1, -0.05) is 68.3 Å². The molecule has 3 saturated heterocycles. The van der Waals surface area contributed by atoms with E-state index < -0.39 is 132 Å². The Morgan fingerprint density at radius 3 is 1.86 bits per heavy atom. The second-order valence-electron chi connectivity index (χ2n) is 27.3. The van der Waals surface area contributed by atoms with Crippen molar-refractivity contribution >= 4 is 118 Å². The number of rotatable bonds is 34. The smallest absolute Gasteiger partial charge is 0.320 e. The molecule has 109 heavy (non-hydrogen) atoms. The predicted molar refractivity (Wildman–Crippen MR) is 406 cm³/mol. The number of unbranched alkanes of at least 4 members (excludes halogenated alkanes) is 2. The van der Waals surface area contributed by atoms with Crippen molar-refractivity contribution in [1.29, 1.82) is 0 Å². The summed E-state index contributed by atoms with van der Waals surface area (Å²) in [6, 6.07) is 4.38. The van der Waals surface area contributed by atoms with Crippen LogP contribution in [0.1, 0.15) is 113 Å². The number of amides is 11. The first-order chi connectivity index (χ1) is 52.2. The normalized spacial score (nSPS) is 22.2. The van der Waals surface area contributed by atoms with Gasteiger partial charge in [-0.3, -0.25) is 81.8 Å². The zero-order valence-corrected chi connectivity index (χ0v) is 64.4. The summed E-state index contributed by atoms with van der Waals surface area (Å²) >= 11 is 4.22. The number of ether oxygens (including phenoxy) is 2. The summed E-state index contributed by atoms with van der Waals surface area (Å²) in [7, 11) is 0. The molecule has 0 radical (unpaired) electrons. The van der Waals surface area contributed by atoms with E-state index in [1.165, 1.54) is 52.0 Å². The van der Waals surface area contributed by atoms with Gasteiger partial charge in [-0.15, -0.1) is 0 Å². The monoisotopic (exact) mass is 1580 g/mol. The van der Waals surface area contributed by atoms with Crippen LogP contribution in [0.15, 0.2) is 48.5 Å². The van der Waals surface area contributed by atoms with Crippen molar-refractivity contribution in [3.63, 3.8) is 0 Å². The number of benzene rings is 2. The van der Waals surface area contributed by atoms with Crippen LogP contribution in [0.4, 0.5) is 0 Å². The number of carboxylic acids is 3. The highest BCUT2D eigenvalue weighted by molar-refractivity contribution is 7.99. The number of nitrogens with zero attached hydrogens (tertiary/aromatic N) is 5. The lowest BCUT2D eigenvalue weighted by atomic mass is 10.0. The third kappa shape index (κ3) is 32.0. The molecule has 0 aliphatic carbocycles. The van der Waals surface area contributed by atoms with Gasteiger partial charge < -0.3 is 88.4 Å². The quantitative estimate of drug-likeness (QED) is 0.0349. The van der Waals surface area contributed by atoms with Crippen molar-refractivity contribution in [1.82, 2.24) is 61.7 Å². The van der Waals surface area contributed by atoms with E-state index in [9.17, 15) is 87.5 Å². The minimum Gasteiger partial charge on any atom is -0.480 e. The average molecular weight is 1590 g/mol. The molecule has 2 aromatic rings. The molecule has 3 fully saturated rings. The zero-order chi connectivity index (χ0) is 79.4. The number of hydrogen-bond acceptors (Lipinski definition) is 23. The Morgan fingerprint density at radius 1 is 0.633 bits per heavy atom. The van der Waals surface area contributed by atoms with Gasteiger partial charge in [0.05, 0.1) is 39.0 Å².